The van der Waals surface area contributed by atoms with E-state index in [0.717, 1.165) is 6.07 Å². The first-order valence-corrected chi connectivity index (χ1v) is 7.72. The Bertz CT molecular complexity index is 1000. The van der Waals surface area contributed by atoms with Crippen LogP contribution >= 0.6 is 11.6 Å². The molecule has 0 spiro atoms. The standard InChI is InChI=1S/C16H11ClF3N5O2/c17-11-6-9(22-15-23-14(21)24-25-15)5-10(16(18,19)20)12(11)7-1-3-8(4-2-7)13(26)27/h1-6H,(H,26,27)(H4,21,22,23,24,25). The van der Waals surface area contributed by atoms with Gasteiger partial charge in [-0.15, -0.1) is 5.10 Å². The molecule has 1 aromatic heterocycles. The number of hydrogen-bond acceptors (Lipinski definition) is 5. The third-order valence-electron chi connectivity index (χ3n) is 3.58. The highest BCUT2D eigenvalue weighted by Gasteiger charge is 2.35. The lowest BCUT2D eigenvalue weighted by molar-refractivity contribution is -0.137. The monoisotopic (exact) mass is 397 g/mol. The highest BCUT2D eigenvalue weighted by atomic mass is 35.5. The highest BCUT2D eigenvalue weighted by molar-refractivity contribution is 6.34. The molecule has 0 saturated heterocycles. The van der Waals surface area contributed by atoms with Crippen molar-refractivity contribution < 1.29 is 23.1 Å². The smallest absolute Gasteiger partial charge is 0.417 e. The zero-order valence-corrected chi connectivity index (χ0v) is 14.1. The van der Waals surface area contributed by atoms with Crippen LogP contribution in [0.4, 0.5) is 30.8 Å². The molecule has 3 aromatic rings. The number of nitrogens with zero attached hydrogens (tertiary/aromatic N) is 2. The van der Waals surface area contributed by atoms with Gasteiger partial charge in [0.05, 0.1) is 16.1 Å². The summed E-state index contributed by atoms with van der Waals surface area (Å²) in [6.07, 6.45) is -4.71. The summed E-state index contributed by atoms with van der Waals surface area (Å²) in [5.41, 5.74) is 4.21. The summed E-state index contributed by atoms with van der Waals surface area (Å²) in [4.78, 5) is 14.7. The fourth-order valence-electron chi connectivity index (χ4n) is 2.43. The summed E-state index contributed by atoms with van der Waals surface area (Å²) in [5.74, 6) is -1.21. The minimum atomic E-state index is -4.71. The maximum atomic E-state index is 13.6. The van der Waals surface area contributed by atoms with Crippen molar-refractivity contribution in [1.29, 1.82) is 0 Å². The van der Waals surface area contributed by atoms with Gasteiger partial charge in [0.1, 0.15) is 0 Å². The zero-order chi connectivity index (χ0) is 19.8. The number of rotatable bonds is 4. The quantitative estimate of drug-likeness (QED) is 0.525. The molecular weight excluding hydrogens is 387 g/mol. The number of aromatic amines is 1. The minimum absolute atomic E-state index is 0.00483. The van der Waals surface area contributed by atoms with Crippen LogP contribution in [0.1, 0.15) is 15.9 Å². The lowest BCUT2D eigenvalue weighted by atomic mass is 9.97. The third-order valence-corrected chi connectivity index (χ3v) is 3.87. The number of anilines is 3. The van der Waals surface area contributed by atoms with Crippen molar-refractivity contribution in [2.75, 3.05) is 11.1 Å². The van der Waals surface area contributed by atoms with Crippen LogP contribution < -0.4 is 11.1 Å². The summed E-state index contributed by atoms with van der Waals surface area (Å²) in [6, 6.07) is 7.09. The van der Waals surface area contributed by atoms with Gasteiger partial charge in [-0.3, -0.25) is 0 Å². The number of H-pyrrole nitrogens is 1. The van der Waals surface area contributed by atoms with Crippen molar-refractivity contribution >= 4 is 35.2 Å². The molecule has 0 saturated carbocycles. The Hall–Kier alpha value is -3.27. The van der Waals surface area contributed by atoms with E-state index in [1.807, 2.05) is 0 Å². The van der Waals surface area contributed by atoms with Crippen LogP contribution in [0.5, 0.6) is 0 Å². The van der Waals surface area contributed by atoms with Crippen LogP contribution in [0, 0.1) is 0 Å². The van der Waals surface area contributed by atoms with E-state index in [1.54, 1.807) is 0 Å². The van der Waals surface area contributed by atoms with E-state index in [0.29, 0.717) is 0 Å². The lowest BCUT2D eigenvalue weighted by Crippen LogP contribution is -2.09. The van der Waals surface area contributed by atoms with Gasteiger partial charge in [-0.2, -0.15) is 18.2 Å². The number of aromatic carboxylic acids is 1. The van der Waals surface area contributed by atoms with Gasteiger partial charge >= 0.3 is 12.1 Å². The average molecular weight is 398 g/mol. The van der Waals surface area contributed by atoms with Gasteiger partial charge in [0.15, 0.2) is 0 Å². The van der Waals surface area contributed by atoms with E-state index in [4.69, 9.17) is 22.4 Å². The van der Waals surface area contributed by atoms with Gasteiger partial charge in [-0.05, 0) is 29.8 Å². The predicted octanol–water partition coefficient (Wildman–Crippen LogP) is 4.17. The number of benzene rings is 2. The van der Waals surface area contributed by atoms with Crippen molar-refractivity contribution in [3.63, 3.8) is 0 Å². The van der Waals surface area contributed by atoms with E-state index < -0.39 is 17.7 Å². The van der Waals surface area contributed by atoms with Crippen molar-refractivity contribution in [2.24, 2.45) is 0 Å². The number of carboxylic acid groups (broad SMARTS) is 1. The molecular formula is C16H11ClF3N5O2. The molecule has 0 amide bonds. The van der Waals surface area contributed by atoms with Crippen molar-refractivity contribution in [2.45, 2.75) is 6.18 Å². The summed E-state index contributed by atoms with van der Waals surface area (Å²) in [7, 11) is 0. The molecule has 0 aliphatic carbocycles. The van der Waals surface area contributed by atoms with E-state index >= 15 is 0 Å². The second-order valence-electron chi connectivity index (χ2n) is 5.43. The van der Waals surface area contributed by atoms with Crippen LogP contribution in [-0.4, -0.2) is 26.3 Å². The molecule has 5 N–H and O–H groups in total. The Balaban J connectivity index is 2.09. The molecule has 0 aliphatic rings. The largest absolute Gasteiger partial charge is 0.478 e. The number of carboxylic acids is 1. The second-order valence-corrected chi connectivity index (χ2v) is 5.84. The molecule has 0 atom stereocenters. The van der Waals surface area contributed by atoms with Crippen LogP contribution in [0.15, 0.2) is 36.4 Å². The SMILES string of the molecule is Nc1nc(Nc2cc(Cl)c(-c3ccc(C(=O)O)cc3)c(C(F)(F)F)c2)n[nH]1. The maximum absolute atomic E-state index is 13.6. The molecule has 0 fully saturated rings. The van der Waals surface area contributed by atoms with Crippen LogP contribution in [0.3, 0.4) is 0 Å². The molecule has 0 radical (unpaired) electrons. The van der Waals surface area contributed by atoms with E-state index in [1.165, 1.54) is 30.3 Å². The van der Waals surface area contributed by atoms with Crippen LogP contribution in [-0.2, 0) is 6.18 Å². The third kappa shape index (κ3) is 3.95. The Labute approximate surface area is 155 Å². The number of aromatic nitrogens is 3. The van der Waals surface area contributed by atoms with Crippen LogP contribution in [0.25, 0.3) is 11.1 Å². The van der Waals surface area contributed by atoms with Gasteiger partial charge in [-0.25, -0.2) is 9.89 Å². The van der Waals surface area contributed by atoms with Crippen molar-refractivity contribution in [3.05, 3.63) is 52.5 Å². The molecule has 3 rings (SSSR count). The van der Waals surface area contributed by atoms with Gasteiger partial charge in [0.25, 0.3) is 0 Å². The number of nitrogen functional groups attached to an aromatic ring is 1. The van der Waals surface area contributed by atoms with Gasteiger partial charge in [-0.1, -0.05) is 23.7 Å². The molecule has 27 heavy (non-hydrogen) atoms. The van der Waals surface area contributed by atoms with Crippen molar-refractivity contribution in [1.82, 2.24) is 15.2 Å². The summed E-state index contributed by atoms with van der Waals surface area (Å²) in [6.45, 7) is 0. The number of hydrogen-bond donors (Lipinski definition) is 4. The number of nitrogens with two attached hydrogens (primary N) is 1. The number of halogens is 4. The molecule has 140 valence electrons. The van der Waals surface area contributed by atoms with Gasteiger partial charge in [0.2, 0.25) is 11.9 Å². The van der Waals surface area contributed by atoms with Gasteiger partial charge in [0, 0.05) is 11.3 Å². The summed E-state index contributed by atoms with van der Waals surface area (Å²) >= 11 is 6.12. The first kappa shape index (κ1) is 18.5. The van der Waals surface area contributed by atoms with Crippen molar-refractivity contribution in [3.8, 4) is 11.1 Å². The summed E-state index contributed by atoms with van der Waals surface area (Å²) < 4.78 is 40.8. The van der Waals surface area contributed by atoms with Crippen LogP contribution in [0.2, 0.25) is 5.02 Å². The molecule has 2 aromatic carbocycles. The second kappa shape index (κ2) is 6.80. The topological polar surface area (TPSA) is 117 Å². The molecule has 1 heterocycles. The minimum Gasteiger partial charge on any atom is -0.478 e. The molecule has 11 heteroatoms. The Kier molecular flexibility index (Phi) is 4.66. The van der Waals surface area contributed by atoms with E-state index in [-0.39, 0.29) is 39.3 Å². The normalized spacial score (nSPS) is 11.4. The fraction of sp³-hybridized carbons (Fsp3) is 0.0625. The van der Waals surface area contributed by atoms with Gasteiger partial charge < -0.3 is 16.2 Å². The van der Waals surface area contributed by atoms with E-state index in [2.05, 4.69) is 20.5 Å². The summed E-state index contributed by atoms with van der Waals surface area (Å²) in [5, 5.41) is 17.4. The number of nitrogens with one attached hydrogen (secondary N) is 2. The Morgan fingerprint density at radius 1 is 1.22 bits per heavy atom. The van der Waals surface area contributed by atoms with E-state index in [9.17, 15) is 18.0 Å². The zero-order valence-electron chi connectivity index (χ0n) is 13.3. The first-order chi connectivity index (χ1) is 12.6. The number of carbonyl (C=O) groups is 1. The molecule has 0 bridgehead atoms. The lowest BCUT2D eigenvalue weighted by Gasteiger charge is -2.17. The number of alkyl halides is 3. The highest BCUT2D eigenvalue weighted by Crippen LogP contribution is 2.43. The molecule has 0 aliphatic heterocycles. The Morgan fingerprint density at radius 2 is 1.89 bits per heavy atom. The molecule has 7 nitrogen and oxygen atoms in total. The average Bonchev–Trinajstić information content (AvgIpc) is 2.98. The fourth-order valence-corrected chi connectivity index (χ4v) is 2.76. The Morgan fingerprint density at radius 3 is 2.41 bits per heavy atom. The molecule has 0 unspecified atom stereocenters. The first-order valence-electron chi connectivity index (χ1n) is 7.34. The maximum Gasteiger partial charge on any atom is 0.417 e. The predicted molar refractivity (Wildman–Crippen MR) is 92.9 cm³/mol.